The highest BCUT2D eigenvalue weighted by atomic mass is 35.5. The Morgan fingerprint density at radius 3 is 2.21 bits per heavy atom. The second kappa shape index (κ2) is 13.7. The van der Waals surface area contributed by atoms with Crippen LogP contribution in [0.25, 0.3) is 0 Å². The van der Waals surface area contributed by atoms with Crippen LogP contribution >= 0.6 is 23.2 Å². The van der Waals surface area contributed by atoms with Gasteiger partial charge in [-0.2, -0.15) is 0 Å². The first-order chi connectivity index (χ1) is 13.8. The highest BCUT2D eigenvalue weighted by Crippen LogP contribution is 2.31. The van der Waals surface area contributed by atoms with Crippen molar-refractivity contribution in [2.75, 3.05) is 26.4 Å². The van der Waals surface area contributed by atoms with E-state index >= 15 is 0 Å². The van der Waals surface area contributed by atoms with Crippen LogP contribution in [0.3, 0.4) is 0 Å². The van der Waals surface area contributed by atoms with Gasteiger partial charge in [-0.25, -0.2) is 0 Å². The van der Waals surface area contributed by atoms with Gasteiger partial charge in [0.2, 0.25) is 0 Å². The van der Waals surface area contributed by atoms with Gasteiger partial charge in [-0.15, -0.1) is 0 Å². The molecule has 0 amide bonds. The van der Waals surface area contributed by atoms with E-state index in [1.54, 1.807) is 12.3 Å². The number of hydrogen-bond acceptors (Lipinski definition) is 5. The van der Waals surface area contributed by atoms with E-state index in [-0.39, 0.29) is 10.1 Å². The van der Waals surface area contributed by atoms with E-state index in [1.807, 2.05) is 32.9 Å². The molecule has 0 aliphatic heterocycles. The normalized spacial score (nSPS) is 11.6. The predicted molar refractivity (Wildman–Crippen MR) is 121 cm³/mol. The summed E-state index contributed by atoms with van der Waals surface area (Å²) >= 11 is 11.2. The van der Waals surface area contributed by atoms with Crippen LogP contribution in [-0.4, -0.2) is 38.2 Å². The first kappa shape index (κ1) is 25.6. The molecule has 0 aliphatic rings. The van der Waals surface area contributed by atoms with E-state index in [1.165, 1.54) is 0 Å². The molecule has 29 heavy (non-hydrogen) atoms. The second-order valence-electron chi connectivity index (χ2n) is 7.32. The van der Waals surface area contributed by atoms with Gasteiger partial charge < -0.3 is 19.0 Å². The van der Waals surface area contributed by atoms with Crippen LogP contribution in [0.4, 0.5) is 0 Å². The minimum Gasteiger partial charge on any atom is -0.491 e. The van der Waals surface area contributed by atoms with Gasteiger partial charge in [0.15, 0.2) is 0 Å². The van der Waals surface area contributed by atoms with E-state index in [4.69, 9.17) is 42.3 Å². The zero-order valence-electron chi connectivity index (χ0n) is 18.1. The Hall–Kier alpha value is -1.43. The van der Waals surface area contributed by atoms with Crippen LogP contribution in [0.2, 0.25) is 0 Å². The molecule has 0 saturated heterocycles. The quantitative estimate of drug-likeness (QED) is 0.209. The summed E-state index contributed by atoms with van der Waals surface area (Å²) in [6, 6.07) is 3.99. The molecule has 164 valence electrons. The topological polar surface area (TPSA) is 49.3 Å². The molecule has 1 aromatic carbocycles. The third-order valence-corrected chi connectivity index (χ3v) is 4.04. The first-order valence-electron chi connectivity index (χ1n) is 9.97. The summed E-state index contributed by atoms with van der Waals surface area (Å²) in [5.41, 5.74) is 1.94. The van der Waals surface area contributed by atoms with E-state index in [0.29, 0.717) is 32.8 Å². The summed E-state index contributed by atoms with van der Waals surface area (Å²) < 4.78 is 17.6. The van der Waals surface area contributed by atoms with E-state index < -0.39 is 0 Å². The summed E-state index contributed by atoms with van der Waals surface area (Å²) in [5, 5.41) is 3.93. The van der Waals surface area contributed by atoms with Gasteiger partial charge in [0, 0.05) is 12.6 Å². The molecule has 0 radical (unpaired) electrons. The molecule has 0 saturated carbocycles. The number of ether oxygens (including phenoxy) is 3. The standard InChI is InChI=1S/C22H33Cl2NO4/c1-6-17-15-19(27-12-9-20(23)24)16-18(7-2)21(17)28-14-13-26-11-8-10-25-29-22(3,4)5/h9-10,15-16H,6-8,11-14H2,1-5H3. The number of rotatable bonds is 13. The third-order valence-electron chi connectivity index (χ3n) is 3.73. The van der Waals surface area contributed by atoms with Gasteiger partial charge in [-0.3, -0.25) is 0 Å². The fraction of sp³-hybridized carbons (Fsp3) is 0.591. The summed E-state index contributed by atoms with van der Waals surface area (Å²) in [4.78, 5) is 5.27. The molecule has 1 aromatic rings. The second-order valence-corrected chi connectivity index (χ2v) is 8.33. The Morgan fingerprint density at radius 2 is 1.66 bits per heavy atom. The van der Waals surface area contributed by atoms with Gasteiger partial charge in [-0.1, -0.05) is 42.2 Å². The highest BCUT2D eigenvalue weighted by molar-refractivity contribution is 6.55. The lowest BCUT2D eigenvalue weighted by Gasteiger charge is -2.17. The highest BCUT2D eigenvalue weighted by Gasteiger charge is 2.11. The average Bonchev–Trinajstić information content (AvgIpc) is 2.65. The number of aryl methyl sites for hydroxylation is 2. The van der Waals surface area contributed by atoms with Crippen molar-refractivity contribution in [1.82, 2.24) is 0 Å². The molecular formula is C22H33Cl2NO4. The summed E-state index contributed by atoms with van der Waals surface area (Å²) in [7, 11) is 0. The van der Waals surface area contributed by atoms with Crippen molar-refractivity contribution in [3.63, 3.8) is 0 Å². The lowest BCUT2D eigenvalue weighted by atomic mass is 10.0. The van der Waals surface area contributed by atoms with Gasteiger partial charge in [0.05, 0.1) is 13.2 Å². The van der Waals surface area contributed by atoms with Crippen molar-refractivity contribution in [3.8, 4) is 11.5 Å². The predicted octanol–water partition coefficient (Wildman–Crippen LogP) is 6.10. The monoisotopic (exact) mass is 445 g/mol. The van der Waals surface area contributed by atoms with Gasteiger partial charge in [0.25, 0.3) is 0 Å². The van der Waals surface area contributed by atoms with Crippen LogP contribution < -0.4 is 9.47 Å². The molecule has 0 aromatic heterocycles. The molecule has 5 nitrogen and oxygen atoms in total. The lowest BCUT2D eigenvalue weighted by molar-refractivity contribution is 0.00124. The van der Waals surface area contributed by atoms with Crippen molar-refractivity contribution in [2.24, 2.45) is 5.16 Å². The maximum Gasteiger partial charge on any atom is 0.129 e. The Kier molecular flexibility index (Phi) is 12.1. The molecule has 0 bridgehead atoms. The maximum atomic E-state index is 6.03. The fourth-order valence-corrected chi connectivity index (χ4v) is 2.53. The Morgan fingerprint density at radius 1 is 1.00 bits per heavy atom. The largest absolute Gasteiger partial charge is 0.491 e. The number of oxime groups is 1. The van der Waals surface area contributed by atoms with Crippen molar-refractivity contribution >= 4 is 29.4 Å². The van der Waals surface area contributed by atoms with Gasteiger partial charge >= 0.3 is 0 Å². The number of nitrogens with zero attached hydrogens (tertiary/aromatic N) is 1. The molecule has 1 rings (SSSR count). The molecule has 0 unspecified atom stereocenters. The zero-order chi connectivity index (χ0) is 21.7. The minimum atomic E-state index is -0.270. The van der Waals surface area contributed by atoms with Crippen LogP contribution in [0.1, 0.15) is 52.2 Å². The molecule has 7 heteroatoms. The Balaban J connectivity index is 2.49. The van der Waals surface area contributed by atoms with Gasteiger partial charge in [-0.05, 0) is 62.9 Å². The SMILES string of the molecule is CCc1cc(OCC=C(Cl)Cl)cc(CC)c1OCCOCCC=NOC(C)(C)C. The van der Waals surface area contributed by atoms with Crippen molar-refractivity contribution in [1.29, 1.82) is 0 Å². The van der Waals surface area contributed by atoms with E-state index in [0.717, 1.165) is 35.5 Å². The van der Waals surface area contributed by atoms with Crippen LogP contribution in [0, 0.1) is 0 Å². The summed E-state index contributed by atoms with van der Waals surface area (Å²) in [6.45, 7) is 12.0. The molecule has 0 aliphatic carbocycles. The fourth-order valence-electron chi connectivity index (χ4n) is 2.41. The van der Waals surface area contributed by atoms with Crippen LogP contribution in [0.15, 0.2) is 27.9 Å². The van der Waals surface area contributed by atoms with Gasteiger partial charge in [0.1, 0.15) is 34.8 Å². The van der Waals surface area contributed by atoms with Crippen molar-refractivity contribution in [2.45, 2.75) is 59.5 Å². The van der Waals surface area contributed by atoms with E-state index in [9.17, 15) is 0 Å². The lowest BCUT2D eigenvalue weighted by Crippen LogP contribution is -2.15. The molecule has 0 spiro atoms. The molecule has 0 fully saturated rings. The average molecular weight is 446 g/mol. The molecule has 0 N–H and O–H groups in total. The number of hydrogen-bond donors (Lipinski definition) is 0. The van der Waals surface area contributed by atoms with Crippen LogP contribution in [-0.2, 0) is 22.4 Å². The van der Waals surface area contributed by atoms with E-state index in [2.05, 4.69) is 19.0 Å². The molecular weight excluding hydrogens is 413 g/mol. The van der Waals surface area contributed by atoms with Crippen molar-refractivity contribution in [3.05, 3.63) is 33.8 Å². The summed E-state index contributed by atoms with van der Waals surface area (Å²) in [6.07, 6.45) is 5.72. The third kappa shape index (κ3) is 11.4. The molecule has 0 heterocycles. The zero-order valence-corrected chi connectivity index (χ0v) is 19.6. The maximum absolute atomic E-state index is 6.03. The summed E-state index contributed by atoms with van der Waals surface area (Å²) in [5.74, 6) is 1.70. The molecule has 0 atom stereocenters. The van der Waals surface area contributed by atoms with Crippen LogP contribution in [0.5, 0.6) is 11.5 Å². The first-order valence-corrected chi connectivity index (χ1v) is 10.7. The minimum absolute atomic E-state index is 0.199. The van der Waals surface area contributed by atoms with Crippen molar-refractivity contribution < 1.29 is 19.0 Å². The Bertz CT molecular complexity index is 640. The number of benzene rings is 1. The Labute approximate surface area is 184 Å². The number of halogens is 2. The smallest absolute Gasteiger partial charge is 0.129 e.